The Hall–Kier alpha value is -1.51. The summed E-state index contributed by atoms with van der Waals surface area (Å²) in [4.78, 5) is 13.4. The monoisotopic (exact) mass is 206 g/mol. The molecule has 1 aromatic rings. The van der Waals surface area contributed by atoms with Crippen molar-refractivity contribution >= 4 is 11.7 Å². The zero-order chi connectivity index (χ0) is 11.3. The zero-order valence-corrected chi connectivity index (χ0v) is 9.53. The summed E-state index contributed by atoms with van der Waals surface area (Å²) in [6.07, 6.45) is 0.957. The van der Waals surface area contributed by atoms with Crippen LogP contribution in [0.2, 0.25) is 0 Å². The van der Waals surface area contributed by atoms with Crippen LogP contribution in [0.1, 0.15) is 20.3 Å². The van der Waals surface area contributed by atoms with Gasteiger partial charge < -0.3 is 10.2 Å². The average Bonchev–Trinajstić information content (AvgIpc) is 2.28. The minimum absolute atomic E-state index is 0.0597. The number of benzene rings is 1. The second-order valence-corrected chi connectivity index (χ2v) is 3.66. The Morgan fingerprint density at radius 3 is 2.53 bits per heavy atom. The van der Waals surface area contributed by atoms with Gasteiger partial charge in [0, 0.05) is 18.8 Å². The highest BCUT2D eigenvalue weighted by molar-refractivity contribution is 5.89. The first-order chi connectivity index (χ1) is 7.15. The van der Waals surface area contributed by atoms with E-state index in [0.717, 1.165) is 12.1 Å². The highest BCUT2D eigenvalue weighted by Gasteiger charge is 2.13. The van der Waals surface area contributed by atoms with E-state index in [1.165, 1.54) is 0 Å². The van der Waals surface area contributed by atoms with Crippen molar-refractivity contribution in [3.63, 3.8) is 0 Å². The first-order valence-corrected chi connectivity index (χ1v) is 5.24. The van der Waals surface area contributed by atoms with Gasteiger partial charge in [0.2, 0.25) is 0 Å². The van der Waals surface area contributed by atoms with E-state index in [9.17, 15) is 4.79 Å². The fraction of sp³-hybridized carbons (Fsp3) is 0.417. The lowest BCUT2D eigenvalue weighted by atomic mass is 10.2. The van der Waals surface area contributed by atoms with Gasteiger partial charge in [0.25, 0.3) is 0 Å². The molecule has 0 aliphatic heterocycles. The van der Waals surface area contributed by atoms with Crippen LogP contribution in [0.15, 0.2) is 30.3 Å². The molecule has 1 unspecified atom stereocenters. The van der Waals surface area contributed by atoms with Crippen LogP contribution in [-0.2, 0) is 0 Å². The maximum absolute atomic E-state index is 11.7. The summed E-state index contributed by atoms with van der Waals surface area (Å²) in [6.45, 7) is 4.10. The summed E-state index contributed by atoms with van der Waals surface area (Å²) >= 11 is 0. The van der Waals surface area contributed by atoms with E-state index in [2.05, 4.69) is 12.2 Å². The second-order valence-electron chi connectivity index (χ2n) is 3.66. The van der Waals surface area contributed by atoms with E-state index in [1.807, 2.05) is 44.3 Å². The minimum Gasteiger partial charge on any atom is -0.325 e. The van der Waals surface area contributed by atoms with Gasteiger partial charge >= 0.3 is 6.03 Å². The number of nitrogens with zero attached hydrogens (tertiary/aromatic N) is 1. The minimum atomic E-state index is -0.0597. The normalized spacial score (nSPS) is 11.9. The van der Waals surface area contributed by atoms with E-state index in [-0.39, 0.29) is 12.1 Å². The lowest BCUT2D eigenvalue weighted by Gasteiger charge is -2.24. The van der Waals surface area contributed by atoms with E-state index in [4.69, 9.17) is 0 Å². The van der Waals surface area contributed by atoms with Crippen molar-refractivity contribution in [1.29, 1.82) is 0 Å². The molecule has 1 atom stereocenters. The van der Waals surface area contributed by atoms with Crippen molar-refractivity contribution in [2.45, 2.75) is 26.3 Å². The standard InChI is InChI=1S/C12H18N2O/c1-4-10(2)14(3)12(15)13-11-8-6-5-7-9-11/h5-10H,4H2,1-3H3,(H,13,15). The van der Waals surface area contributed by atoms with Gasteiger partial charge in [-0.1, -0.05) is 25.1 Å². The molecule has 0 bridgehead atoms. The molecule has 3 nitrogen and oxygen atoms in total. The summed E-state index contributed by atoms with van der Waals surface area (Å²) in [5, 5.41) is 2.84. The number of amides is 2. The van der Waals surface area contributed by atoms with Gasteiger partial charge in [0.05, 0.1) is 0 Å². The number of para-hydroxylation sites is 1. The van der Waals surface area contributed by atoms with Crippen LogP contribution in [0.3, 0.4) is 0 Å². The van der Waals surface area contributed by atoms with Crippen LogP contribution in [0, 0.1) is 0 Å². The van der Waals surface area contributed by atoms with E-state index >= 15 is 0 Å². The molecule has 0 aliphatic carbocycles. The lowest BCUT2D eigenvalue weighted by molar-refractivity contribution is 0.206. The maximum Gasteiger partial charge on any atom is 0.321 e. The first-order valence-electron chi connectivity index (χ1n) is 5.24. The van der Waals surface area contributed by atoms with E-state index < -0.39 is 0 Å². The van der Waals surface area contributed by atoms with Gasteiger partial charge in [0.1, 0.15) is 0 Å². The zero-order valence-electron chi connectivity index (χ0n) is 9.53. The number of anilines is 1. The summed E-state index contributed by atoms with van der Waals surface area (Å²) < 4.78 is 0. The predicted octanol–water partition coefficient (Wildman–Crippen LogP) is 2.95. The molecule has 15 heavy (non-hydrogen) atoms. The summed E-state index contributed by atoms with van der Waals surface area (Å²) in [5.41, 5.74) is 0.831. The van der Waals surface area contributed by atoms with Crippen LogP contribution < -0.4 is 5.32 Å². The molecule has 0 saturated heterocycles. The molecule has 2 amide bonds. The third kappa shape index (κ3) is 3.27. The molecule has 0 fully saturated rings. The fourth-order valence-corrected chi connectivity index (χ4v) is 1.21. The Morgan fingerprint density at radius 1 is 1.40 bits per heavy atom. The van der Waals surface area contributed by atoms with Gasteiger partial charge in [-0.05, 0) is 25.5 Å². The Morgan fingerprint density at radius 2 is 2.00 bits per heavy atom. The summed E-state index contributed by atoms with van der Waals surface area (Å²) in [6, 6.07) is 9.68. The molecule has 82 valence electrons. The van der Waals surface area contributed by atoms with Gasteiger partial charge in [-0.3, -0.25) is 0 Å². The Kier molecular flexibility index (Phi) is 4.16. The summed E-state index contributed by atoms with van der Waals surface area (Å²) in [7, 11) is 1.81. The van der Waals surface area contributed by atoms with Crippen molar-refractivity contribution in [3.05, 3.63) is 30.3 Å². The molecule has 1 N–H and O–H groups in total. The van der Waals surface area contributed by atoms with Crippen molar-refractivity contribution in [2.24, 2.45) is 0 Å². The molecule has 0 aromatic heterocycles. The molecule has 1 rings (SSSR count). The van der Waals surface area contributed by atoms with Gasteiger partial charge in [0.15, 0.2) is 0 Å². The molecular formula is C12H18N2O. The van der Waals surface area contributed by atoms with Crippen molar-refractivity contribution < 1.29 is 4.79 Å². The lowest BCUT2D eigenvalue weighted by Crippen LogP contribution is -2.37. The van der Waals surface area contributed by atoms with Crippen LogP contribution in [0.5, 0.6) is 0 Å². The number of carbonyl (C=O) groups excluding carboxylic acids is 1. The van der Waals surface area contributed by atoms with Crippen molar-refractivity contribution in [1.82, 2.24) is 4.90 Å². The molecular weight excluding hydrogens is 188 g/mol. The van der Waals surface area contributed by atoms with Crippen LogP contribution in [0.4, 0.5) is 10.5 Å². The maximum atomic E-state index is 11.7. The largest absolute Gasteiger partial charge is 0.325 e. The van der Waals surface area contributed by atoms with Crippen molar-refractivity contribution in [3.8, 4) is 0 Å². The Bertz CT molecular complexity index is 311. The molecule has 3 heteroatoms. The third-order valence-electron chi connectivity index (χ3n) is 2.60. The second kappa shape index (κ2) is 5.39. The molecule has 0 radical (unpaired) electrons. The molecule has 0 heterocycles. The number of hydrogen-bond donors (Lipinski definition) is 1. The SMILES string of the molecule is CCC(C)N(C)C(=O)Nc1ccccc1. The molecule has 0 spiro atoms. The number of rotatable bonds is 3. The van der Waals surface area contributed by atoms with Crippen LogP contribution in [-0.4, -0.2) is 24.0 Å². The fourth-order valence-electron chi connectivity index (χ4n) is 1.21. The predicted molar refractivity (Wildman–Crippen MR) is 63.0 cm³/mol. The molecule has 0 aliphatic rings. The smallest absolute Gasteiger partial charge is 0.321 e. The van der Waals surface area contributed by atoms with Gasteiger partial charge in [-0.2, -0.15) is 0 Å². The number of urea groups is 1. The average molecular weight is 206 g/mol. The quantitative estimate of drug-likeness (QED) is 0.810. The highest BCUT2D eigenvalue weighted by Crippen LogP contribution is 2.08. The highest BCUT2D eigenvalue weighted by atomic mass is 16.2. The summed E-state index contributed by atoms with van der Waals surface area (Å²) in [5.74, 6) is 0. The van der Waals surface area contributed by atoms with Crippen LogP contribution >= 0.6 is 0 Å². The molecule has 0 saturated carbocycles. The topological polar surface area (TPSA) is 32.3 Å². The van der Waals surface area contributed by atoms with E-state index in [1.54, 1.807) is 4.90 Å². The Labute approximate surface area is 91.1 Å². The van der Waals surface area contributed by atoms with Gasteiger partial charge in [-0.25, -0.2) is 4.79 Å². The van der Waals surface area contributed by atoms with Crippen LogP contribution in [0.25, 0.3) is 0 Å². The third-order valence-corrected chi connectivity index (χ3v) is 2.60. The number of carbonyl (C=O) groups is 1. The first kappa shape index (κ1) is 11.6. The Balaban J connectivity index is 2.56. The van der Waals surface area contributed by atoms with E-state index in [0.29, 0.717) is 0 Å². The number of nitrogens with one attached hydrogen (secondary N) is 1. The van der Waals surface area contributed by atoms with Gasteiger partial charge in [-0.15, -0.1) is 0 Å². The number of hydrogen-bond acceptors (Lipinski definition) is 1. The molecule has 1 aromatic carbocycles. The van der Waals surface area contributed by atoms with Crippen molar-refractivity contribution in [2.75, 3.05) is 12.4 Å².